The molecule has 3 heterocycles. The number of benzene rings is 6. The van der Waals surface area contributed by atoms with Crippen LogP contribution in [0.15, 0.2) is 150 Å². The molecular formula is C38H26N4O2. The monoisotopic (exact) mass is 570 g/mol. The number of hydrogen-bond donors (Lipinski definition) is 1. The van der Waals surface area contributed by atoms with Gasteiger partial charge < -0.3 is 24.3 Å². The van der Waals surface area contributed by atoms with Crippen LogP contribution >= 0.6 is 0 Å². The maximum absolute atomic E-state index is 6.16. The summed E-state index contributed by atoms with van der Waals surface area (Å²) in [5.41, 5.74) is 11.2. The molecule has 44 heavy (non-hydrogen) atoms. The van der Waals surface area contributed by atoms with Crippen LogP contribution in [0.3, 0.4) is 0 Å². The van der Waals surface area contributed by atoms with Crippen molar-refractivity contribution in [2.75, 3.05) is 15.1 Å². The Morgan fingerprint density at radius 3 is 1.70 bits per heavy atom. The van der Waals surface area contributed by atoms with Crippen LogP contribution in [0.1, 0.15) is 11.8 Å². The number of aromatic nitrogens is 1. The van der Waals surface area contributed by atoms with Gasteiger partial charge in [-0.2, -0.15) is 0 Å². The smallest absolute Gasteiger partial charge is 0.227 e. The van der Waals surface area contributed by atoms with Gasteiger partial charge >= 0.3 is 0 Å². The quantitative estimate of drug-likeness (QED) is 0.227. The third kappa shape index (κ3) is 3.92. The lowest BCUT2D eigenvalue weighted by Crippen LogP contribution is -2.24. The van der Waals surface area contributed by atoms with Gasteiger partial charge in [0, 0.05) is 22.5 Å². The van der Waals surface area contributed by atoms with E-state index in [9.17, 15) is 0 Å². The minimum atomic E-state index is -0.212. The summed E-state index contributed by atoms with van der Waals surface area (Å²) in [5.74, 6) is 1.50. The van der Waals surface area contributed by atoms with Gasteiger partial charge in [-0.1, -0.05) is 60.7 Å². The summed E-state index contributed by atoms with van der Waals surface area (Å²) in [5, 5.41) is 3.47. The van der Waals surface area contributed by atoms with Crippen molar-refractivity contribution < 1.29 is 9.15 Å². The fourth-order valence-electron chi connectivity index (χ4n) is 6.19. The second-order valence-electron chi connectivity index (χ2n) is 10.9. The van der Waals surface area contributed by atoms with Crippen molar-refractivity contribution in [3.8, 4) is 17.2 Å². The molecule has 210 valence electrons. The summed E-state index contributed by atoms with van der Waals surface area (Å²) in [6, 6.07) is 50.0. The molecule has 0 saturated heterocycles. The fourth-order valence-corrected chi connectivity index (χ4v) is 6.19. The van der Waals surface area contributed by atoms with E-state index in [4.69, 9.17) is 9.15 Å². The highest BCUT2D eigenvalue weighted by molar-refractivity contribution is 6.01. The molecule has 0 saturated carbocycles. The standard InChI is InChI=1S/C38H26N4O2/c1-7-15-35-29(9-1)39-37(43-35)25-17-21-27(22-18-25)41-31-11-3-5-13-33(31)42(34-14-6-4-12-32(34)41)28-23-19-26(20-24-28)38-40-30-10-2-8-16-36(30)44-38/h1-24,37,39H. The molecule has 6 aromatic carbocycles. The summed E-state index contributed by atoms with van der Waals surface area (Å²) in [7, 11) is 0. The Bertz CT molecular complexity index is 2050. The first-order valence-corrected chi connectivity index (χ1v) is 14.7. The highest BCUT2D eigenvalue weighted by Gasteiger charge is 2.30. The molecule has 6 nitrogen and oxygen atoms in total. The maximum atomic E-state index is 6.16. The van der Waals surface area contributed by atoms with Crippen LogP contribution in [-0.4, -0.2) is 4.98 Å². The van der Waals surface area contributed by atoms with Crippen LogP contribution in [0.4, 0.5) is 39.8 Å². The molecule has 0 aliphatic carbocycles. The number of hydrogen-bond acceptors (Lipinski definition) is 6. The lowest BCUT2D eigenvalue weighted by atomic mass is 10.0. The second kappa shape index (κ2) is 9.78. The van der Waals surface area contributed by atoms with Gasteiger partial charge in [0.05, 0.1) is 28.4 Å². The molecule has 0 fully saturated rings. The van der Waals surface area contributed by atoms with Gasteiger partial charge in [-0.05, 0) is 84.9 Å². The van der Waals surface area contributed by atoms with Gasteiger partial charge in [0.25, 0.3) is 0 Å². The fraction of sp³-hybridized carbons (Fsp3) is 0.0263. The molecule has 7 aromatic rings. The number of anilines is 7. The Kier molecular flexibility index (Phi) is 5.46. The van der Waals surface area contributed by atoms with E-state index >= 15 is 0 Å². The second-order valence-corrected chi connectivity index (χ2v) is 10.9. The van der Waals surface area contributed by atoms with Gasteiger partial charge in [-0.25, -0.2) is 4.98 Å². The molecule has 2 aliphatic heterocycles. The number of nitrogens with one attached hydrogen (secondary N) is 1. The predicted molar refractivity (Wildman–Crippen MR) is 176 cm³/mol. The number of nitrogens with zero attached hydrogens (tertiary/aromatic N) is 3. The average Bonchev–Trinajstić information content (AvgIpc) is 3.72. The Labute approximate surface area is 254 Å². The van der Waals surface area contributed by atoms with E-state index < -0.39 is 0 Å². The van der Waals surface area contributed by atoms with E-state index in [0.29, 0.717) is 5.89 Å². The van der Waals surface area contributed by atoms with Gasteiger partial charge in [0.1, 0.15) is 11.3 Å². The zero-order valence-electron chi connectivity index (χ0n) is 23.6. The zero-order valence-corrected chi connectivity index (χ0v) is 23.6. The van der Waals surface area contributed by atoms with Gasteiger partial charge in [-0.15, -0.1) is 0 Å². The average molecular weight is 571 g/mol. The summed E-state index contributed by atoms with van der Waals surface area (Å²) in [4.78, 5) is 9.33. The number of oxazole rings is 1. The third-order valence-electron chi connectivity index (χ3n) is 8.27. The molecule has 0 radical (unpaired) electrons. The van der Waals surface area contributed by atoms with Crippen molar-refractivity contribution in [2.45, 2.75) is 6.23 Å². The van der Waals surface area contributed by atoms with Gasteiger partial charge in [-0.3, -0.25) is 0 Å². The Morgan fingerprint density at radius 1 is 0.545 bits per heavy atom. The Morgan fingerprint density at radius 2 is 1.09 bits per heavy atom. The van der Waals surface area contributed by atoms with E-state index in [0.717, 1.165) is 67.8 Å². The van der Waals surface area contributed by atoms with Crippen LogP contribution in [0, 0.1) is 0 Å². The van der Waals surface area contributed by atoms with Crippen molar-refractivity contribution in [3.63, 3.8) is 0 Å². The van der Waals surface area contributed by atoms with Crippen LogP contribution in [-0.2, 0) is 0 Å². The van der Waals surface area contributed by atoms with Crippen LogP contribution in [0.2, 0.25) is 0 Å². The number of fused-ring (bicyclic) bond motifs is 4. The molecule has 2 aliphatic rings. The van der Waals surface area contributed by atoms with E-state index in [-0.39, 0.29) is 6.23 Å². The minimum absolute atomic E-state index is 0.212. The van der Waals surface area contributed by atoms with Crippen LogP contribution < -0.4 is 19.9 Å². The molecule has 1 atom stereocenters. The van der Waals surface area contributed by atoms with Gasteiger partial charge in [0.2, 0.25) is 5.89 Å². The van der Waals surface area contributed by atoms with Gasteiger partial charge in [0.15, 0.2) is 11.8 Å². The molecule has 0 spiro atoms. The summed E-state index contributed by atoms with van der Waals surface area (Å²) in [6.07, 6.45) is -0.212. The molecule has 0 bridgehead atoms. The minimum Gasteiger partial charge on any atom is -0.464 e. The predicted octanol–water partition coefficient (Wildman–Crippen LogP) is 10.3. The maximum Gasteiger partial charge on any atom is 0.227 e. The topological polar surface area (TPSA) is 53.8 Å². The normalized spacial score (nSPS) is 14.9. The summed E-state index contributed by atoms with van der Waals surface area (Å²) in [6.45, 7) is 0. The first-order valence-electron chi connectivity index (χ1n) is 14.7. The molecule has 1 aromatic heterocycles. The Hall–Kier alpha value is -6.01. The lowest BCUT2D eigenvalue weighted by Gasteiger charge is -2.40. The van der Waals surface area contributed by atoms with E-state index in [1.807, 2.05) is 48.5 Å². The van der Waals surface area contributed by atoms with Crippen LogP contribution in [0.25, 0.3) is 22.6 Å². The van der Waals surface area contributed by atoms with Crippen molar-refractivity contribution in [1.29, 1.82) is 0 Å². The van der Waals surface area contributed by atoms with Crippen LogP contribution in [0.5, 0.6) is 5.75 Å². The molecule has 1 N–H and O–H groups in total. The number of ether oxygens (including phenoxy) is 1. The zero-order chi connectivity index (χ0) is 29.0. The SMILES string of the molecule is c1ccc2c(c1)NC(c1ccc(N3c4ccccc4N(c4ccc(-c5nc6ccccc6o5)cc4)c4ccccc43)cc1)O2. The molecule has 0 amide bonds. The number of para-hydroxylation sites is 8. The molecule has 6 heteroatoms. The van der Waals surface area contributed by atoms with E-state index in [1.54, 1.807) is 0 Å². The molecule has 9 rings (SSSR count). The summed E-state index contributed by atoms with van der Waals surface area (Å²) < 4.78 is 12.2. The largest absolute Gasteiger partial charge is 0.464 e. The lowest BCUT2D eigenvalue weighted by molar-refractivity contribution is 0.260. The molecule has 1 unspecified atom stereocenters. The summed E-state index contributed by atoms with van der Waals surface area (Å²) >= 11 is 0. The number of rotatable bonds is 4. The third-order valence-corrected chi connectivity index (χ3v) is 8.27. The molecular weight excluding hydrogens is 544 g/mol. The first kappa shape index (κ1) is 24.6. The van der Waals surface area contributed by atoms with Crippen molar-refractivity contribution >= 4 is 50.9 Å². The van der Waals surface area contributed by atoms with Crippen molar-refractivity contribution in [1.82, 2.24) is 4.98 Å². The van der Waals surface area contributed by atoms with E-state index in [2.05, 4.69) is 117 Å². The Balaban J connectivity index is 1.08. The van der Waals surface area contributed by atoms with Crippen molar-refractivity contribution in [2.24, 2.45) is 0 Å². The highest BCUT2D eigenvalue weighted by atomic mass is 16.5. The van der Waals surface area contributed by atoms with E-state index in [1.165, 1.54) is 0 Å². The highest BCUT2D eigenvalue weighted by Crippen LogP contribution is 2.54. The van der Waals surface area contributed by atoms with Crippen molar-refractivity contribution in [3.05, 3.63) is 151 Å². The first-order chi connectivity index (χ1) is 21.8.